The van der Waals surface area contributed by atoms with Crippen molar-refractivity contribution in [3.8, 4) is 11.3 Å². The van der Waals surface area contributed by atoms with Crippen molar-refractivity contribution in [2.45, 2.75) is 25.7 Å². The van der Waals surface area contributed by atoms with Gasteiger partial charge in [-0.15, -0.1) is 0 Å². The van der Waals surface area contributed by atoms with Crippen molar-refractivity contribution in [3.63, 3.8) is 0 Å². The summed E-state index contributed by atoms with van der Waals surface area (Å²) < 4.78 is 37.7. The molecule has 1 aromatic heterocycles. The van der Waals surface area contributed by atoms with Crippen LogP contribution >= 0.6 is 0 Å². The molecule has 1 saturated heterocycles. The van der Waals surface area contributed by atoms with Crippen molar-refractivity contribution < 1.29 is 22.7 Å². The maximum absolute atomic E-state index is 13.8. The number of aromatic nitrogens is 1. The van der Waals surface area contributed by atoms with Gasteiger partial charge < -0.3 is 19.8 Å². The molecular formula is C20H25F2N3O3. The number of nitrogens with zero attached hydrogens (tertiary/aromatic N) is 1. The standard InChI is InChI=1S/C20H25F2N3O3/c1-27-13-20(6-8-23-9-7-20)12-25-18(26)4-5-19-24-11-17(28-19)15-3-2-14(21)10-16(15)22/h2-3,10-11,23H,4-9,12-13H2,1H3,(H,25,26). The molecule has 152 valence electrons. The number of methoxy groups -OCH3 is 1. The molecule has 2 heterocycles. The van der Waals surface area contributed by atoms with Crippen LogP contribution in [-0.2, 0) is 16.0 Å². The number of carbonyl (C=O) groups excluding carboxylic acids is 1. The van der Waals surface area contributed by atoms with Gasteiger partial charge in [-0.2, -0.15) is 0 Å². The van der Waals surface area contributed by atoms with Crippen LogP contribution in [0.4, 0.5) is 8.78 Å². The maximum atomic E-state index is 13.8. The van der Waals surface area contributed by atoms with Crippen LogP contribution in [0.15, 0.2) is 28.8 Å². The van der Waals surface area contributed by atoms with Crippen molar-refractivity contribution in [3.05, 3.63) is 41.9 Å². The minimum atomic E-state index is -0.717. The van der Waals surface area contributed by atoms with Gasteiger partial charge in [0.15, 0.2) is 11.7 Å². The highest BCUT2D eigenvalue weighted by atomic mass is 19.1. The Morgan fingerprint density at radius 3 is 2.86 bits per heavy atom. The Kier molecular flexibility index (Phi) is 6.74. The van der Waals surface area contributed by atoms with Gasteiger partial charge >= 0.3 is 0 Å². The number of rotatable bonds is 8. The van der Waals surface area contributed by atoms with Gasteiger partial charge in [0.25, 0.3) is 0 Å². The molecule has 2 aromatic rings. The largest absolute Gasteiger partial charge is 0.441 e. The summed E-state index contributed by atoms with van der Waals surface area (Å²) in [6, 6.07) is 3.25. The molecule has 1 fully saturated rings. The number of amides is 1. The summed E-state index contributed by atoms with van der Waals surface area (Å²) in [6.45, 7) is 3.01. The van der Waals surface area contributed by atoms with Gasteiger partial charge in [-0.1, -0.05) is 0 Å². The third kappa shape index (κ3) is 5.14. The van der Waals surface area contributed by atoms with Gasteiger partial charge in [0.05, 0.1) is 18.4 Å². The van der Waals surface area contributed by atoms with Gasteiger partial charge in [0.2, 0.25) is 5.91 Å². The second-order valence-corrected chi connectivity index (χ2v) is 7.20. The predicted octanol–water partition coefficient (Wildman–Crippen LogP) is 2.68. The molecule has 0 atom stereocenters. The highest BCUT2D eigenvalue weighted by molar-refractivity contribution is 5.76. The normalized spacial score (nSPS) is 16.1. The summed E-state index contributed by atoms with van der Waals surface area (Å²) in [5.74, 6) is -0.922. The van der Waals surface area contributed by atoms with Crippen LogP contribution < -0.4 is 10.6 Å². The zero-order chi connectivity index (χ0) is 20.0. The van der Waals surface area contributed by atoms with Crippen molar-refractivity contribution in [1.29, 1.82) is 0 Å². The Bertz CT molecular complexity index is 798. The Labute approximate surface area is 162 Å². The number of benzene rings is 1. The summed E-state index contributed by atoms with van der Waals surface area (Å²) in [5.41, 5.74) is 0.100. The average Bonchev–Trinajstić information content (AvgIpc) is 3.14. The molecule has 1 aromatic carbocycles. The lowest BCUT2D eigenvalue weighted by atomic mass is 9.79. The maximum Gasteiger partial charge on any atom is 0.220 e. The average molecular weight is 393 g/mol. The Morgan fingerprint density at radius 1 is 1.36 bits per heavy atom. The molecule has 1 aliphatic heterocycles. The predicted molar refractivity (Wildman–Crippen MR) is 99.6 cm³/mol. The van der Waals surface area contributed by atoms with E-state index >= 15 is 0 Å². The van der Waals surface area contributed by atoms with Crippen molar-refractivity contribution in [1.82, 2.24) is 15.6 Å². The Morgan fingerprint density at radius 2 is 2.14 bits per heavy atom. The first-order valence-electron chi connectivity index (χ1n) is 9.38. The quantitative estimate of drug-likeness (QED) is 0.721. The van der Waals surface area contributed by atoms with Crippen molar-refractivity contribution in [2.75, 3.05) is 33.4 Å². The third-order valence-corrected chi connectivity index (χ3v) is 5.09. The van der Waals surface area contributed by atoms with Crippen LogP contribution in [0.5, 0.6) is 0 Å². The molecule has 0 spiro atoms. The number of hydrogen-bond donors (Lipinski definition) is 2. The monoisotopic (exact) mass is 393 g/mol. The van der Waals surface area contributed by atoms with Crippen LogP contribution in [0.3, 0.4) is 0 Å². The number of aryl methyl sites for hydroxylation is 1. The second-order valence-electron chi connectivity index (χ2n) is 7.20. The molecule has 3 rings (SSSR count). The van der Waals surface area contributed by atoms with E-state index in [4.69, 9.17) is 9.15 Å². The van der Waals surface area contributed by atoms with Gasteiger partial charge in [0.1, 0.15) is 11.6 Å². The fourth-order valence-corrected chi connectivity index (χ4v) is 3.47. The molecule has 0 aliphatic carbocycles. The number of nitrogens with one attached hydrogen (secondary N) is 2. The molecule has 0 bridgehead atoms. The van der Waals surface area contributed by atoms with Crippen LogP contribution in [0.25, 0.3) is 11.3 Å². The smallest absolute Gasteiger partial charge is 0.220 e. The number of halogens is 2. The van der Waals surface area contributed by atoms with Crippen LogP contribution in [0.1, 0.15) is 25.2 Å². The van der Waals surface area contributed by atoms with Crippen molar-refractivity contribution >= 4 is 5.91 Å². The number of oxazole rings is 1. The van der Waals surface area contributed by atoms with E-state index in [2.05, 4.69) is 15.6 Å². The zero-order valence-electron chi connectivity index (χ0n) is 15.9. The molecule has 2 N–H and O–H groups in total. The zero-order valence-corrected chi connectivity index (χ0v) is 15.9. The molecule has 0 saturated carbocycles. The summed E-state index contributed by atoms with van der Waals surface area (Å²) in [7, 11) is 1.68. The van der Waals surface area contributed by atoms with Crippen LogP contribution in [0.2, 0.25) is 0 Å². The molecule has 1 amide bonds. The van der Waals surface area contributed by atoms with E-state index < -0.39 is 11.6 Å². The molecule has 28 heavy (non-hydrogen) atoms. The molecule has 0 unspecified atom stereocenters. The minimum absolute atomic E-state index is 0.0358. The highest BCUT2D eigenvalue weighted by Crippen LogP contribution is 2.28. The summed E-state index contributed by atoms with van der Waals surface area (Å²) >= 11 is 0. The Balaban J connectivity index is 1.51. The van der Waals surface area contributed by atoms with E-state index in [1.165, 1.54) is 12.3 Å². The van der Waals surface area contributed by atoms with Crippen molar-refractivity contribution in [2.24, 2.45) is 5.41 Å². The van der Waals surface area contributed by atoms with Gasteiger partial charge in [-0.25, -0.2) is 13.8 Å². The number of hydrogen-bond acceptors (Lipinski definition) is 5. The van der Waals surface area contributed by atoms with Crippen LogP contribution in [0, 0.1) is 17.0 Å². The molecule has 1 aliphatic rings. The lowest BCUT2D eigenvalue weighted by Crippen LogP contribution is -2.47. The minimum Gasteiger partial charge on any atom is -0.441 e. The van der Waals surface area contributed by atoms with Gasteiger partial charge in [0, 0.05) is 38.0 Å². The number of piperidine rings is 1. The SMILES string of the molecule is COCC1(CNC(=O)CCc2ncc(-c3ccc(F)cc3F)o2)CCNCC1. The lowest BCUT2D eigenvalue weighted by molar-refractivity contribution is -0.122. The van der Waals surface area contributed by atoms with Gasteiger partial charge in [-0.3, -0.25) is 4.79 Å². The number of carbonyl (C=O) groups is 1. The van der Waals surface area contributed by atoms with E-state index in [1.807, 2.05) is 0 Å². The van der Waals surface area contributed by atoms with E-state index in [0.29, 0.717) is 25.5 Å². The topological polar surface area (TPSA) is 76.4 Å². The van der Waals surface area contributed by atoms with E-state index in [-0.39, 0.29) is 29.1 Å². The summed E-state index contributed by atoms with van der Waals surface area (Å²) in [6.07, 6.45) is 3.80. The van der Waals surface area contributed by atoms with E-state index in [1.54, 1.807) is 7.11 Å². The number of ether oxygens (including phenoxy) is 1. The molecule has 6 nitrogen and oxygen atoms in total. The second kappa shape index (κ2) is 9.25. The first-order chi connectivity index (χ1) is 13.5. The fourth-order valence-electron chi connectivity index (χ4n) is 3.47. The lowest BCUT2D eigenvalue weighted by Gasteiger charge is -2.37. The Hall–Kier alpha value is -2.32. The first kappa shape index (κ1) is 20.4. The van der Waals surface area contributed by atoms with E-state index in [9.17, 15) is 13.6 Å². The summed E-state index contributed by atoms with van der Waals surface area (Å²) in [4.78, 5) is 16.3. The highest BCUT2D eigenvalue weighted by Gasteiger charge is 2.32. The van der Waals surface area contributed by atoms with Gasteiger partial charge in [-0.05, 0) is 38.1 Å². The first-order valence-corrected chi connectivity index (χ1v) is 9.38. The van der Waals surface area contributed by atoms with E-state index in [0.717, 1.165) is 38.1 Å². The fraction of sp³-hybridized carbons (Fsp3) is 0.500. The molecule has 0 radical (unpaired) electrons. The van der Waals surface area contributed by atoms with Crippen LogP contribution in [-0.4, -0.2) is 44.2 Å². The summed E-state index contributed by atoms with van der Waals surface area (Å²) in [5, 5.41) is 6.30. The molecule has 8 heteroatoms. The third-order valence-electron chi connectivity index (χ3n) is 5.09. The molecular weight excluding hydrogens is 368 g/mol.